The Morgan fingerprint density at radius 2 is 1.58 bits per heavy atom. The second-order valence-corrected chi connectivity index (χ2v) is 11.2. The number of nitrogens with zero attached hydrogens (tertiary/aromatic N) is 1. The van der Waals surface area contributed by atoms with Crippen molar-refractivity contribution in [2.45, 2.75) is 53.8 Å². The van der Waals surface area contributed by atoms with Gasteiger partial charge in [-0.15, -0.1) is 0 Å². The number of rotatable bonds is 8. The standard InChI is InChI=1S/C32H36N2O4/c1-21(2)19-34-28(29(32(3,4)5)33-31(36)37)27(23-14-10-7-11-15-23)26-18-24(16-17-25(26)30(34)35)38-20-22-12-8-6-9-13-22/h6-18,21,29,33H,19-20H2,1-5H3,(H,36,37). The lowest BCUT2D eigenvalue weighted by molar-refractivity contribution is 0.172. The van der Waals surface area contributed by atoms with Crippen LogP contribution < -0.4 is 15.6 Å². The first-order valence-electron chi connectivity index (χ1n) is 13.0. The van der Waals surface area contributed by atoms with Gasteiger partial charge in [0.1, 0.15) is 12.4 Å². The molecule has 6 nitrogen and oxygen atoms in total. The fourth-order valence-electron chi connectivity index (χ4n) is 4.85. The SMILES string of the molecule is CC(C)Cn1c(C(NC(=O)O)C(C)(C)C)c(-c2ccccc2)c2cc(OCc3ccccc3)ccc2c1=O. The van der Waals surface area contributed by atoms with Crippen LogP contribution in [0.3, 0.4) is 0 Å². The molecule has 0 fully saturated rings. The van der Waals surface area contributed by atoms with E-state index in [4.69, 9.17) is 4.74 Å². The molecule has 38 heavy (non-hydrogen) atoms. The third kappa shape index (κ3) is 5.91. The number of carboxylic acid groups (broad SMARTS) is 1. The zero-order valence-corrected chi connectivity index (χ0v) is 22.7. The van der Waals surface area contributed by atoms with E-state index >= 15 is 0 Å². The summed E-state index contributed by atoms with van der Waals surface area (Å²) in [5.74, 6) is 0.815. The van der Waals surface area contributed by atoms with Crippen LogP contribution in [0.25, 0.3) is 21.9 Å². The van der Waals surface area contributed by atoms with Gasteiger partial charge in [-0.25, -0.2) is 4.79 Å². The summed E-state index contributed by atoms with van der Waals surface area (Å²) in [6.45, 7) is 10.9. The Morgan fingerprint density at radius 1 is 0.947 bits per heavy atom. The van der Waals surface area contributed by atoms with Crippen molar-refractivity contribution in [3.05, 3.63) is 100 Å². The van der Waals surface area contributed by atoms with Crippen LogP contribution in [0.4, 0.5) is 4.79 Å². The van der Waals surface area contributed by atoms with Gasteiger partial charge >= 0.3 is 6.09 Å². The zero-order chi connectivity index (χ0) is 27.4. The van der Waals surface area contributed by atoms with E-state index in [0.717, 1.165) is 22.1 Å². The average Bonchev–Trinajstić information content (AvgIpc) is 2.87. The number of carbonyl (C=O) groups is 1. The van der Waals surface area contributed by atoms with Crippen LogP contribution >= 0.6 is 0 Å². The van der Waals surface area contributed by atoms with Crippen molar-refractivity contribution in [3.63, 3.8) is 0 Å². The quantitative estimate of drug-likeness (QED) is 0.260. The number of fused-ring (bicyclic) bond motifs is 1. The summed E-state index contributed by atoms with van der Waals surface area (Å²) < 4.78 is 7.91. The maximum absolute atomic E-state index is 14.0. The molecule has 0 aliphatic rings. The normalized spacial score (nSPS) is 12.5. The minimum absolute atomic E-state index is 0.139. The number of hydrogen-bond acceptors (Lipinski definition) is 3. The second-order valence-electron chi connectivity index (χ2n) is 11.2. The van der Waals surface area contributed by atoms with E-state index in [0.29, 0.717) is 30.0 Å². The molecule has 1 atom stereocenters. The third-order valence-corrected chi connectivity index (χ3v) is 6.55. The van der Waals surface area contributed by atoms with Gasteiger partial charge in [0.05, 0.1) is 11.7 Å². The molecule has 3 aromatic carbocycles. The van der Waals surface area contributed by atoms with E-state index in [1.165, 1.54) is 0 Å². The Balaban J connectivity index is 2.04. The molecule has 2 N–H and O–H groups in total. The molecule has 1 heterocycles. The van der Waals surface area contributed by atoms with E-state index in [-0.39, 0.29) is 11.5 Å². The summed E-state index contributed by atoms with van der Waals surface area (Å²) in [7, 11) is 0. The molecule has 0 radical (unpaired) electrons. The molecule has 0 bridgehead atoms. The van der Waals surface area contributed by atoms with E-state index in [2.05, 4.69) is 19.2 Å². The second kappa shape index (κ2) is 11.1. The molecule has 0 aliphatic heterocycles. The van der Waals surface area contributed by atoms with Crippen LogP contribution in [0.15, 0.2) is 83.7 Å². The molecule has 0 aliphatic carbocycles. The maximum Gasteiger partial charge on any atom is 0.405 e. The fraction of sp³-hybridized carbons (Fsp3) is 0.312. The number of amides is 1. The Hall–Kier alpha value is -4.06. The van der Waals surface area contributed by atoms with Gasteiger partial charge in [0.25, 0.3) is 5.56 Å². The van der Waals surface area contributed by atoms with E-state index in [9.17, 15) is 14.7 Å². The van der Waals surface area contributed by atoms with Gasteiger partial charge in [0.2, 0.25) is 0 Å². The molecule has 198 valence electrons. The molecule has 1 aromatic heterocycles. The molecule has 1 amide bonds. The summed E-state index contributed by atoms with van der Waals surface area (Å²) in [5.41, 5.74) is 2.80. The first-order chi connectivity index (χ1) is 18.1. The molecule has 0 spiro atoms. The predicted octanol–water partition coefficient (Wildman–Crippen LogP) is 7.26. The van der Waals surface area contributed by atoms with Crippen molar-refractivity contribution in [2.24, 2.45) is 11.3 Å². The molecule has 0 saturated heterocycles. The van der Waals surface area contributed by atoms with Gasteiger partial charge in [-0.2, -0.15) is 0 Å². The van der Waals surface area contributed by atoms with Crippen LogP contribution in [-0.4, -0.2) is 15.8 Å². The van der Waals surface area contributed by atoms with E-state index < -0.39 is 17.6 Å². The highest BCUT2D eigenvalue weighted by Crippen LogP contribution is 2.41. The lowest BCUT2D eigenvalue weighted by atomic mass is 9.80. The molecule has 4 rings (SSSR count). The Labute approximate surface area is 223 Å². The highest BCUT2D eigenvalue weighted by atomic mass is 16.5. The van der Waals surface area contributed by atoms with Crippen molar-refractivity contribution < 1.29 is 14.6 Å². The summed E-state index contributed by atoms with van der Waals surface area (Å²) in [6.07, 6.45) is -1.13. The Bertz CT molecular complexity index is 1470. The van der Waals surface area contributed by atoms with Gasteiger partial charge in [0.15, 0.2) is 0 Å². The van der Waals surface area contributed by atoms with Crippen LogP contribution in [0.1, 0.15) is 51.9 Å². The monoisotopic (exact) mass is 512 g/mol. The van der Waals surface area contributed by atoms with Crippen LogP contribution in [0, 0.1) is 11.3 Å². The minimum Gasteiger partial charge on any atom is -0.489 e. The van der Waals surface area contributed by atoms with Gasteiger partial charge in [0, 0.05) is 22.9 Å². The van der Waals surface area contributed by atoms with Crippen molar-refractivity contribution >= 4 is 16.9 Å². The van der Waals surface area contributed by atoms with Crippen molar-refractivity contribution in [2.75, 3.05) is 0 Å². The van der Waals surface area contributed by atoms with Crippen LogP contribution in [0.5, 0.6) is 5.75 Å². The molecule has 4 aromatic rings. The molecule has 0 saturated carbocycles. The smallest absolute Gasteiger partial charge is 0.405 e. The van der Waals surface area contributed by atoms with E-state index in [1.54, 1.807) is 4.57 Å². The first-order valence-corrected chi connectivity index (χ1v) is 13.0. The highest BCUT2D eigenvalue weighted by Gasteiger charge is 2.34. The van der Waals surface area contributed by atoms with Gasteiger partial charge in [-0.1, -0.05) is 95.3 Å². The molecular weight excluding hydrogens is 476 g/mol. The number of pyridine rings is 1. The predicted molar refractivity (Wildman–Crippen MR) is 153 cm³/mol. The number of ether oxygens (including phenoxy) is 1. The Morgan fingerprint density at radius 3 is 2.16 bits per heavy atom. The summed E-state index contributed by atoms with van der Waals surface area (Å²) in [6, 6.07) is 24.7. The first kappa shape index (κ1) is 27.0. The van der Waals surface area contributed by atoms with Gasteiger partial charge < -0.3 is 19.7 Å². The van der Waals surface area contributed by atoms with Crippen LogP contribution in [-0.2, 0) is 13.2 Å². The van der Waals surface area contributed by atoms with Gasteiger partial charge in [-0.05, 0) is 40.7 Å². The third-order valence-electron chi connectivity index (χ3n) is 6.55. The van der Waals surface area contributed by atoms with Crippen molar-refractivity contribution in [1.82, 2.24) is 9.88 Å². The molecular formula is C32H36N2O4. The lowest BCUT2D eigenvalue weighted by Gasteiger charge is -2.35. The average molecular weight is 513 g/mol. The Kier molecular flexibility index (Phi) is 7.91. The number of aromatic nitrogens is 1. The van der Waals surface area contributed by atoms with Gasteiger partial charge in [-0.3, -0.25) is 4.79 Å². The fourth-order valence-corrected chi connectivity index (χ4v) is 4.85. The largest absolute Gasteiger partial charge is 0.489 e. The zero-order valence-electron chi connectivity index (χ0n) is 22.7. The van der Waals surface area contributed by atoms with E-state index in [1.807, 2.05) is 99.6 Å². The number of nitrogens with one attached hydrogen (secondary N) is 1. The lowest BCUT2D eigenvalue weighted by Crippen LogP contribution is -2.40. The minimum atomic E-state index is -1.13. The molecule has 1 unspecified atom stereocenters. The maximum atomic E-state index is 14.0. The van der Waals surface area contributed by atoms with Crippen molar-refractivity contribution in [3.8, 4) is 16.9 Å². The number of benzene rings is 3. The summed E-state index contributed by atoms with van der Waals surface area (Å²) >= 11 is 0. The summed E-state index contributed by atoms with van der Waals surface area (Å²) in [5, 5.41) is 13.9. The topological polar surface area (TPSA) is 80.6 Å². The highest BCUT2D eigenvalue weighted by molar-refractivity contribution is 5.98. The molecule has 6 heteroatoms. The summed E-state index contributed by atoms with van der Waals surface area (Å²) in [4.78, 5) is 26.0. The number of hydrogen-bond donors (Lipinski definition) is 2. The van der Waals surface area contributed by atoms with Crippen LogP contribution in [0.2, 0.25) is 0 Å². The van der Waals surface area contributed by atoms with Crippen molar-refractivity contribution in [1.29, 1.82) is 0 Å².